The van der Waals surface area contributed by atoms with Crippen LogP contribution in [-0.4, -0.2) is 44.1 Å². The van der Waals surface area contributed by atoms with Gasteiger partial charge in [-0.2, -0.15) is 0 Å². The van der Waals surface area contributed by atoms with Gasteiger partial charge in [0.05, 0.1) is 31.7 Å². The van der Waals surface area contributed by atoms with Crippen molar-refractivity contribution in [3.05, 3.63) is 66.0 Å². The molecule has 0 aromatic heterocycles. The maximum Gasteiger partial charge on any atom is 0.341 e. The number of carbonyl (C=O) groups excluding carboxylic acids is 1. The average Bonchev–Trinajstić information content (AvgIpc) is 2.86. The molecule has 0 aliphatic carbocycles. The minimum atomic E-state index is -0.606. The van der Waals surface area contributed by atoms with E-state index in [2.05, 4.69) is 6.58 Å². The Morgan fingerprint density at radius 3 is 2.59 bits per heavy atom. The van der Waals surface area contributed by atoms with Crippen LogP contribution in [0.1, 0.15) is 40.2 Å². The first-order chi connectivity index (χ1) is 15.0. The summed E-state index contributed by atoms with van der Waals surface area (Å²) < 4.78 is 28.3. The van der Waals surface area contributed by atoms with Crippen molar-refractivity contribution in [2.75, 3.05) is 20.8 Å². The Bertz CT molecular complexity index is 920. The summed E-state index contributed by atoms with van der Waals surface area (Å²) in [5, 5.41) is 0. The predicted molar refractivity (Wildman–Crippen MR) is 126 cm³/mol. The van der Waals surface area contributed by atoms with Crippen LogP contribution >= 0.6 is 0 Å². The van der Waals surface area contributed by atoms with Crippen molar-refractivity contribution in [1.29, 1.82) is 0 Å². The van der Waals surface area contributed by atoms with E-state index in [9.17, 15) is 4.79 Å². The third-order valence-electron chi connectivity index (χ3n) is 5.14. The van der Waals surface area contributed by atoms with Crippen molar-refractivity contribution < 1.29 is 28.5 Å². The standard InChI is InChI=1S/C26H34O6/c1-9-25(3,4)32-23-17-30-21-14-13-19(15-22(21)31-26(23,5)6)12-10-11-18(2)20(16-28-7)24(27)29-8/h9-16,23H,1,17H2,2-8H3/t23-/m0/s1. The second kappa shape index (κ2) is 10.6. The summed E-state index contributed by atoms with van der Waals surface area (Å²) in [4.78, 5) is 11.9. The van der Waals surface area contributed by atoms with Crippen LogP contribution in [-0.2, 0) is 19.0 Å². The zero-order chi connectivity index (χ0) is 23.9. The van der Waals surface area contributed by atoms with E-state index in [0.29, 0.717) is 23.7 Å². The molecule has 1 aliphatic rings. The van der Waals surface area contributed by atoms with Gasteiger partial charge in [0, 0.05) is 0 Å². The summed E-state index contributed by atoms with van der Waals surface area (Å²) in [5.41, 5.74) is 0.894. The topological polar surface area (TPSA) is 63.2 Å². The third-order valence-corrected chi connectivity index (χ3v) is 5.14. The van der Waals surface area contributed by atoms with E-state index in [4.69, 9.17) is 23.7 Å². The van der Waals surface area contributed by atoms with E-state index in [1.807, 2.05) is 71.0 Å². The molecule has 0 saturated heterocycles. The van der Waals surface area contributed by atoms with Crippen LogP contribution < -0.4 is 9.47 Å². The second-order valence-corrected chi connectivity index (χ2v) is 8.60. The molecule has 0 amide bonds. The molecule has 1 heterocycles. The number of benzene rings is 1. The Balaban J connectivity index is 2.22. The number of allylic oxidation sites excluding steroid dienone is 2. The van der Waals surface area contributed by atoms with Gasteiger partial charge in [-0.25, -0.2) is 4.79 Å². The average molecular weight is 443 g/mol. The molecule has 0 radical (unpaired) electrons. The second-order valence-electron chi connectivity index (χ2n) is 8.60. The van der Waals surface area contributed by atoms with Gasteiger partial charge >= 0.3 is 5.97 Å². The van der Waals surface area contributed by atoms with E-state index in [0.717, 1.165) is 11.1 Å². The fraction of sp³-hybridized carbons (Fsp3) is 0.423. The zero-order valence-electron chi connectivity index (χ0n) is 20.1. The Kier molecular flexibility index (Phi) is 8.33. The molecule has 0 saturated carbocycles. The molecule has 6 heteroatoms. The highest BCUT2D eigenvalue weighted by Gasteiger charge is 2.39. The first-order valence-corrected chi connectivity index (χ1v) is 10.5. The normalized spacial score (nSPS) is 18.8. The van der Waals surface area contributed by atoms with Gasteiger partial charge in [-0.3, -0.25) is 0 Å². The lowest BCUT2D eigenvalue weighted by Gasteiger charge is -2.36. The molecule has 0 N–H and O–H groups in total. The molecule has 1 aromatic carbocycles. The number of ether oxygens (including phenoxy) is 5. The van der Waals surface area contributed by atoms with Crippen LogP contribution in [0.2, 0.25) is 0 Å². The fourth-order valence-electron chi connectivity index (χ4n) is 3.06. The Hall–Kier alpha value is -2.99. The number of methoxy groups -OCH3 is 2. The molecule has 32 heavy (non-hydrogen) atoms. The van der Waals surface area contributed by atoms with E-state index in [-0.39, 0.29) is 6.10 Å². The van der Waals surface area contributed by atoms with Gasteiger partial charge in [0.2, 0.25) is 0 Å². The van der Waals surface area contributed by atoms with Crippen molar-refractivity contribution in [3.63, 3.8) is 0 Å². The molecule has 0 unspecified atom stereocenters. The fourth-order valence-corrected chi connectivity index (χ4v) is 3.06. The molecule has 1 aromatic rings. The quantitative estimate of drug-likeness (QED) is 0.180. The molecule has 174 valence electrons. The summed E-state index contributed by atoms with van der Waals surface area (Å²) in [6.07, 6.45) is 8.44. The van der Waals surface area contributed by atoms with Crippen LogP contribution in [0.15, 0.2) is 60.4 Å². The minimum Gasteiger partial charge on any atom is -0.503 e. The van der Waals surface area contributed by atoms with Crippen molar-refractivity contribution in [3.8, 4) is 11.5 Å². The highest BCUT2D eigenvalue weighted by Crippen LogP contribution is 2.37. The van der Waals surface area contributed by atoms with E-state index >= 15 is 0 Å². The number of fused-ring (bicyclic) bond motifs is 1. The number of rotatable bonds is 8. The van der Waals surface area contributed by atoms with E-state index < -0.39 is 17.2 Å². The van der Waals surface area contributed by atoms with Crippen molar-refractivity contribution in [1.82, 2.24) is 0 Å². The molecular formula is C26H34O6. The molecule has 0 fully saturated rings. The van der Waals surface area contributed by atoms with Gasteiger partial charge in [-0.15, -0.1) is 6.58 Å². The third kappa shape index (κ3) is 6.50. The molecule has 6 nitrogen and oxygen atoms in total. The largest absolute Gasteiger partial charge is 0.503 e. The highest BCUT2D eigenvalue weighted by atomic mass is 16.6. The lowest BCUT2D eigenvalue weighted by molar-refractivity contribution is -0.135. The maximum atomic E-state index is 11.9. The SMILES string of the molecule is C=CC(C)(C)O[C@H]1COc2ccc(C=CC=C(C)C(=COC)C(=O)OC)cc2OC1(C)C. The van der Waals surface area contributed by atoms with Crippen LogP contribution in [0.5, 0.6) is 11.5 Å². The van der Waals surface area contributed by atoms with Crippen molar-refractivity contribution >= 4 is 12.0 Å². The van der Waals surface area contributed by atoms with E-state index in [1.165, 1.54) is 20.5 Å². The Morgan fingerprint density at radius 1 is 1.25 bits per heavy atom. The summed E-state index contributed by atoms with van der Waals surface area (Å²) in [7, 11) is 2.82. The number of hydrogen-bond acceptors (Lipinski definition) is 6. The van der Waals surface area contributed by atoms with Crippen LogP contribution in [0.25, 0.3) is 6.08 Å². The van der Waals surface area contributed by atoms with Crippen molar-refractivity contribution in [2.45, 2.75) is 51.9 Å². The lowest BCUT2D eigenvalue weighted by Crippen LogP contribution is -2.49. The molecule has 2 rings (SSSR count). The Morgan fingerprint density at radius 2 is 1.97 bits per heavy atom. The predicted octanol–water partition coefficient (Wildman–Crippen LogP) is 5.25. The summed E-state index contributed by atoms with van der Waals surface area (Å²) in [6, 6.07) is 5.74. The van der Waals surface area contributed by atoms with E-state index in [1.54, 1.807) is 6.08 Å². The van der Waals surface area contributed by atoms with Gasteiger partial charge in [-0.05, 0) is 57.9 Å². The minimum absolute atomic E-state index is 0.281. The molecular weight excluding hydrogens is 408 g/mol. The van der Waals surface area contributed by atoms with Crippen molar-refractivity contribution in [2.24, 2.45) is 0 Å². The van der Waals surface area contributed by atoms with Crippen LogP contribution in [0.3, 0.4) is 0 Å². The zero-order valence-corrected chi connectivity index (χ0v) is 20.1. The lowest BCUT2D eigenvalue weighted by atomic mass is 10.0. The van der Waals surface area contributed by atoms with Gasteiger partial charge in [0.15, 0.2) is 11.5 Å². The first kappa shape index (κ1) is 25.3. The van der Waals surface area contributed by atoms with Gasteiger partial charge in [0.25, 0.3) is 0 Å². The summed E-state index contributed by atoms with van der Waals surface area (Å²) >= 11 is 0. The molecule has 1 aliphatic heterocycles. The number of carbonyl (C=O) groups is 1. The monoisotopic (exact) mass is 442 g/mol. The maximum absolute atomic E-state index is 11.9. The first-order valence-electron chi connectivity index (χ1n) is 10.5. The molecule has 1 atom stereocenters. The van der Waals surface area contributed by atoms with Crippen LogP contribution in [0, 0.1) is 0 Å². The van der Waals surface area contributed by atoms with Gasteiger partial charge < -0.3 is 23.7 Å². The molecule has 0 spiro atoms. The Labute approximate surface area is 191 Å². The highest BCUT2D eigenvalue weighted by molar-refractivity contribution is 5.93. The molecule has 0 bridgehead atoms. The summed E-state index contributed by atoms with van der Waals surface area (Å²) in [6.45, 7) is 13.9. The smallest absolute Gasteiger partial charge is 0.341 e. The summed E-state index contributed by atoms with van der Waals surface area (Å²) in [5.74, 6) is 0.860. The number of hydrogen-bond donors (Lipinski definition) is 0. The van der Waals surface area contributed by atoms with Gasteiger partial charge in [-0.1, -0.05) is 30.4 Å². The van der Waals surface area contributed by atoms with Crippen LogP contribution in [0.4, 0.5) is 0 Å². The van der Waals surface area contributed by atoms with Gasteiger partial charge in [0.1, 0.15) is 18.3 Å². The number of esters is 1.